The van der Waals surface area contributed by atoms with Crippen LogP contribution in [0.1, 0.15) is 75.1 Å². The summed E-state index contributed by atoms with van der Waals surface area (Å²) in [5.41, 5.74) is 3.34. The molecule has 2 fully saturated rings. The first-order chi connectivity index (χ1) is 18.1. The topological polar surface area (TPSA) is 73.9 Å². The summed E-state index contributed by atoms with van der Waals surface area (Å²) >= 11 is 0. The van der Waals surface area contributed by atoms with Gasteiger partial charge in [0.15, 0.2) is 0 Å². The lowest BCUT2D eigenvalue weighted by Crippen LogP contribution is -2.47. The van der Waals surface area contributed by atoms with Crippen LogP contribution in [0.2, 0.25) is 0 Å². The summed E-state index contributed by atoms with van der Waals surface area (Å²) in [5.74, 6) is 0.834. The number of amides is 2. The third kappa shape index (κ3) is 7.63. The SMILES string of the molecule is CCCCCCCCC(=O)Nc1ccc(N2CCN(c3ccccc3OC)CC2)c(C(=O)NC2CC2)c1. The van der Waals surface area contributed by atoms with Crippen molar-refractivity contribution < 1.29 is 14.3 Å². The smallest absolute Gasteiger partial charge is 0.253 e. The number of nitrogens with zero attached hydrogens (tertiary/aromatic N) is 2. The maximum absolute atomic E-state index is 13.2. The van der Waals surface area contributed by atoms with Crippen molar-refractivity contribution >= 4 is 28.9 Å². The molecular formula is C30H42N4O3. The predicted octanol–water partition coefficient (Wildman–Crippen LogP) is 5.60. The molecule has 37 heavy (non-hydrogen) atoms. The first-order valence-electron chi connectivity index (χ1n) is 14.0. The van der Waals surface area contributed by atoms with Gasteiger partial charge in [0.25, 0.3) is 5.91 Å². The number of hydrogen-bond donors (Lipinski definition) is 2. The van der Waals surface area contributed by atoms with Crippen molar-refractivity contribution in [2.45, 2.75) is 70.8 Å². The molecule has 0 atom stereocenters. The second-order valence-corrected chi connectivity index (χ2v) is 10.2. The van der Waals surface area contributed by atoms with Crippen molar-refractivity contribution in [2.75, 3.05) is 48.4 Å². The number of rotatable bonds is 13. The number of unbranched alkanes of at least 4 members (excludes halogenated alkanes) is 5. The highest BCUT2D eigenvalue weighted by atomic mass is 16.5. The van der Waals surface area contributed by atoms with Crippen LogP contribution in [0.3, 0.4) is 0 Å². The van der Waals surface area contributed by atoms with Crippen LogP contribution in [0.5, 0.6) is 5.75 Å². The molecule has 2 aliphatic rings. The second-order valence-electron chi connectivity index (χ2n) is 10.2. The Labute approximate surface area is 221 Å². The van der Waals surface area contributed by atoms with E-state index in [9.17, 15) is 9.59 Å². The Bertz CT molecular complexity index is 1040. The van der Waals surface area contributed by atoms with Gasteiger partial charge in [-0.05, 0) is 49.6 Å². The zero-order valence-corrected chi connectivity index (χ0v) is 22.4. The first kappa shape index (κ1) is 26.8. The summed E-state index contributed by atoms with van der Waals surface area (Å²) in [6.45, 7) is 5.47. The van der Waals surface area contributed by atoms with E-state index in [1.54, 1.807) is 7.11 Å². The fraction of sp³-hybridized carbons (Fsp3) is 0.533. The van der Waals surface area contributed by atoms with Crippen LogP contribution in [0.15, 0.2) is 42.5 Å². The number of carbonyl (C=O) groups excluding carboxylic acids is 2. The van der Waals surface area contributed by atoms with Gasteiger partial charge in [-0.2, -0.15) is 0 Å². The number of ether oxygens (including phenoxy) is 1. The van der Waals surface area contributed by atoms with Gasteiger partial charge < -0.3 is 25.2 Å². The molecule has 7 heteroatoms. The quantitative estimate of drug-likeness (QED) is 0.346. The molecule has 2 N–H and O–H groups in total. The Hall–Kier alpha value is -3.22. The van der Waals surface area contributed by atoms with Gasteiger partial charge in [0.1, 0.15) is 5.75 Å². The molecule has 2 aromatic carbocycles. The highest BCUT2D eigenvalue weighted by Gasteiger charge is 2.27. The van der Waals surface area contributed by atoms with Gasteiger partial charge in [-0.25, -0.2) is 0 Å². The van der Waals surface area contributed by atoms with Gasteiger partial charge in [0.05, 0.1) is 18.4 Å². The Morgan fingerprint density at radius 3 is 2.27 bits per heavy atom. The van der Waals surface area contributed by atoms with Crippen LogP contribution in [0, 0.1) is 0 Å². The van der Waals surface area contributed by atoms with Crippen LogP contribution in [-0.2, 0) is 4.79 Å². The van der Waals surface area contributed by atoms with Gasteiger partial charge >= 0.3 is 0 Å². The van der Waals surface area contributed by atoms with Gasteiger partial charge in [-0.3, -0.25) is 9.59 Å². The number of benzene rings is 2. The van der Waals surface area contributed by atoms with Crippen molar-refractivity contribution in [1.29, 1.82) is 0 Å². The van der Waals surface area contributed by atoms with E-state index in [1.807, 2.05) is 36.4 Å². The first-order valence-corrected chi connectivity index (χ1v) is 14.0. The average Bonchev–Trinajstić information content (AvgIpc) is 3.74. The third-order valence-corrected chi connectivity index (χ3v) is 7.24. The van der Waals surface area contributed by atoms with E-state index >= 15 is 0 Å². The largest absolute Gasteiger partial charge is 0.495 e. The van der Waals surface area contributed by atoms with Crippen molar-refractivity contribution in [3.05, 3.63) is 48.0 Å². The highest BCUT2D eigenvalue weighted by Crippen LogP contribution is 2.31. The molecule has 200 valence electrons. The second kappa shape index (κ2) is 13.4. The third-order valence-electron chi connectivity index (χ3n) is 7.24. The molecule has 1 aliphatic carbocycles. The standard InChI is InChI=1S/C30H42N4O3/c1-3-4-5-6-7-8-13-29(35)31-24-16-17-26(25(22-24)30(36)32-23-14-15-23)33-18-20-34(21-19-33)27-11-9-10-12-28(27)37-2/h9-12,16-17,22-23H,3-8,13-15,18-21H2,1-2H3,(H,31,35)(H,32,36). The lowest BCUT2D eigenvalue weighted by Gasteiger charge is -2.38. The molecule has 0 spiro atoms. The van der Waals surface area contributed by atoms with Gasteiger partial charge in [-0.15, -0.1) is 0 Å². The molecule has 4 rings (SSSR count). The molecule has 1 heterocycles. The summed E-state index contributed by atoms with van der Waals surface area (Å²) in [6, 6.07) is 14.1. The molecule has 0 aromatic heterocycles. The maximum Gasteiger partial charge on any atom is 0.253 e. The van der Waals surface area contributed by atoms with Crippen LogP contribution in [0.25, 0.3) is 0 Å². The number of piperazine rings is 1. The number of hydrogen-bond acceptors (Lipinski definition) is 5. The average molecular weight is 507 g/mol. The summed E-state index contributed by atoms with van der Waals surface area (Å²) in [6.07, 6.45) is 9.49. The van der Waals surface area contributed by atoms with Gasteiger partial charge in [0.2, 0.25) is 5.91 Å². The molecule has 2 amide bonds. The van der Waals surface area contributed by atoms with Crippen molar-refractivity contribution in [3.63, 3.8) is 0 Å². The molecule has 0 bridgehead atoms. The Morgan fingerprint density at radius 2 is 1.57 bits per heavy atom. The number of para-hydroxylation sites is 2. The molecular weight excluding hydrogens is 464 g/mol. The highest BCUT2D eigenvalue weighted by molar-refractivity contribution is 6.02. The van der Waals surface area contributed by atoms with E-state index < -0.39 is 0 Å². The predicted molar refractivity (Wildman–Crippen MR) is 151 cm³/mol. The minimum atomic E-state index is -0.0586. The molecule has 1 aliphatic heterocycles. The van der Waals surface area contributed by atoms with Crippen molar-refractivity contribution in [1.82, 2.24) is 5.32 Å². The zero-order valence-electron chi connectivity index (χ0n) is 22.4. The zero-order chi connectivity index (χ0) is 26.0. The molecule has 7 nitrogen and oxygen atoms in total. The van der Waals surface area contributed by atoms with E-state index in [2.05, 4.69) is 33.4 Å². The number of anilines is 3. The van der Waals surface area contributed by atoms with Crippen LogP contribution < -0.4 is 25.2 Å². The minimum absolute atomic E-state index is 0.0159. The lowest BCUT2D eigenvalue weighted by molar-refractivity contribution is -0.116. The van der Waals surface area contributed by atoms with E-state index in [0.717, 1.165) is 69.0 Å². The van der Waals surface area contributed by atoms with E-state index in [0.29, 0.717) is 17.7 Å². The normalized spacial score (nSPS) is 15.4. The molecule has 0 radical (unpaired) electrons. The Kier molecular flexibility index (Phi) is 9.69. The molecule has 1 saturated heterocycles. The lowest BCUT2D eigenvalue weighted by atomic mass is 10.1. The number of methoxy groups -OCH3 is 1. The van der Waals surface area contributed by atoms with Gasteiger partial charge in [-0.1, -0.05) is 51.2 Å². The Morgan fingerprint density at radius 1 is 0.892 bits per heavy atom. The summed E-state index contributed by atoms with van der Waals surface area (Å²) in [7, 11) is 1.70. The summed E-state index contributed by atoms with van der Waals surface area (Å²) < 4.78 is 5.55. The van der Waals surface area contributed by atoms with Crippen LogP contribution in [0.4, 0.5) is 17.1 Å². The monoisotopic (exact) mass is 506 g/mol. The van der Waals surface area contributed by atoms with Gasteiger partial charge in [0, 0.05) is 50.0 Å². The maximum atomic E-state index is 13.2. The molecule has 0 unspecified atom stereocenters. The van der Waals surface area contributed by atoms with Crippen LogP contribution in [-0.4, -0.2) is 51.1 Å². The Balaban J connectivity index is 1.40. The summed E-state index contributed by atoms with van der Waals surface area (Å²) in [5, 5.41) is 6.15. The fourth-order valence-corrected chi connectivity index (χ4v) is 4.93. The summed E-state index contributed by atoms with van der Waals surface area (Å²) in [4.78, 5) is 30.3. The fourth-order valence-electron chi connectivity index (χ4n) is 4.93. The molecule has 1 saturated carbocycles. The van der Waals surface area contributed by atoms with Crippen molar-refractivity contribution in [2.24, 2.45) is 0 Å². The van der Waals surface area contributed by atoms with Crippen LogP contribution >= 0.6 is 0 Å². The van der Waals surface area contributed by atoms with E-state index in [-0.39, 0.29) is 17.9 Å². The number of nitrogens with one attached hydrogen (secondary N) is 2. The minimum Gasteiger partial charge on any atom is -0.495 e. The van der Waals surface area contributed by atoms with E-state index in [1.165, 1.54) is 25.7 Å². The van der Waals surface area contributed by atoms with E-state index in [4.69, 9.17) is 4.74 Å². The molecule has 2 aromatic rings. The number of carbonyl (C=O) groups is 2. The van der Waals surface area contributed by atoms with Crippen molar-refractivity contribution in [3.8, 4) is 5.75 Å².